The molecule has 0 saturated carbocycles. The molecule has 0 saturated heterocycles. The average Bonchev–Trinajstić information content (AvgIpc) is 2.68. The number of phenols is 1. The lowest BCUT2D eigenvalue weighted by Crippen LogP contribution is -2.08. The first-order valence-electron chi connectivity index (χ1n) is 8.13. The highest BCUT2D eigenvalue weighted by molar-refractivity contribution is 6.05. The van der Waals surface area contributed by atoms with Crippen LogP contribution >= 0.6 is 12.4 Å². The number of nitro groups is 1. The molecule has 0 fully saturated rings. The molecule has 3 aromatic rings. The van der Waals surface area contributed by atoms with Crippen LogP contribution in [0, 0.1) is 10.1 Å². The molecule has 3 rings (SSSR count). The number of carbonyl (C=O) groups excluding carboxylic acids is 1. The average molecular weight is 401 g/mol. The van der Waals surface area contributed by atoms with Crippen molar-refractivity contribution >= 4 is 23.9 Å². The first-order chi connectivity index (χ1) is 13.0. The molecular formula is C20H17ClN2O5. The van der Waals surface area contributed by atoms with E-state index < -0.39 is 17.3 Å². The number of carbonyl (C=O) groups is 1. The van der Waals surface area contributed by atoms with Crippen LogP contribution < -0.4 is 0 Å². The molecule has 8 heteroatoms. The number of hydrogen-bond donors (Lipinski definition) is 2. The molecule has 144 valence electrons. The van der Waals surface area contributed by atoms with Gasteiger partial charge in [0, 0.05) is 24.5 Å². The van der Waals surface area contributed by atoms with Gasteiger partial charge in [0.15, 0.2) is 5.78 Å². The van der Waals surface area contributed by atoms with Gasteiger partial charge in [0.2, 0.25) is 0 Å². The van der Waals surface area contributed by atoms with E-state index in [0.717, 1.165) is 11.1 Å². The smallest absolute Gasteiger partial charge is 0.270 e. The van der Waals surface area contributed by atoms with E-state index in [4.69, 9.17) is 0 Å². The van der Waals surface area contributed by atoms with Crippen molar-refractivity contribution in [2.45, 2.75) is 6.42 Å². The first-order valence-corrected chi connectivity index (χ1v) is 8.13. The van der Waals surface area contributed by atoms with Crippen LogP contribution in [-0.2, 0) is 6.42 Å². The minimum atomic E-state index is -0.779. The summed E-state index contributed by atoms with van der Waals surface area (Å²) in [4.78, 5) is 26.7. The van der Waals surface area contributed by atoms with Crippen molar-refractivity contribution in [1.82, 2.24) is 4.98 Å². The summed E-state index contributed by atoms with van der Waals surface area (Å²) in [6.07, 6.45) is 3.78. The summed E-state index contributed by atoms with van der Waals surface area (Å²) in [5.74, 6) is -0.938. The number of phenolic OH excluding ortho intramolecular Hbond substituents is 1. The Bertz CT molecular complexity index is 1010. The number of Topliss-reactive ketones (excluding diaryl/α,β-unsaturated/α-hetero) is 1. The van der Waals surface area contributed by atoms with Crippen LogP contribution in [0.1, 0.15) is 21.5 Å². The van der Waals surface area contributed by atoms with Crippen LogP contribution in [0.25, 0.3) is 11.1 Å². The van der Waals surface area contributed by atoms with Gasteiger partial charge < -0.3 is 10.2 Å². The number of nitro benzene ring substituents is 1. The second-order valence-electron chi connectivity index (χ2n) is 5.96. The van der Waals surface area contributed by atoms with Gasteiger partial charge in [-0.05, 0) is 52.9 Å². The number of pyridine rings is 1. The second-order valence-corrected chi connectivity index (χ2v) is 5.96. The predicted molar refractivity (Wildman–Crippen MR) is 106 cm³/mol. The highest BCUT2D eigenvalue weighted by atomic mass is 35.5. The largest absolute Gasteiger partial charge is 0.507 e. The molecule has 2 aromatic carbocycles. The van der Waals surface area contributed by atoms with E-state index in [1.54, 1.807) is 24.5 Å². The van der Waals surface area contributed by atoms with Crippen LogP contribution in [0.5, 0.6) is 5.75 Å². The normalized spacial score (nSPS) is 10.2. The lowest BCUT2D eigenvalue weighted by Gasteiger charge is -2.13. The van der Waals surface area contributed by atoms with Crippen LogP contribution in [0.3, 0.4) is 0 Å². The third-order valence-electron chi connectivity index (χ3n) is 4.13. The van der Waals surface area contributed by atoms with E-state index in [0.29, 0.717) is 17.5 Å². The molecule has 1 aromatic heterocycles. The van der Waals surface area contributed by atoms with E-state index >= 15 is 0 Å². The number of rotatable bonds is 6. The summed E-state index contributed by atoms with van der Waals surface area (Å²) < 4.78 is 0. The van der Waals surface area contributed by atoms with Crippen molar-refractivity contribution in [2.75, 3.05) is 6.61 Å². The van der Waals surface area contributed by atoms with Gasteiger partial charge in [-0.15, -0.1) is 12.4 Å². The zero-order valence-electron chi connectivity index (χ0n) is 14.6. The Morgan fingerprint density at radius 1 is 1.07 bits per heavy atom. The van der Waals surface area contributed by atoms with E-state index in [9.17, 15) is 25.1 Å². The van der Waals surface area contributed by atoms with Gasteiger partial charge in [-0.25, -0.2) is 0 Å². The van der Waals surface area contributed by atoms with E-state index in [-0.39, 0.29) is 29.4 Å². The van der Waals surface area contributed by atoms with Crippen molar-refractivity contribution in [3.8, 4) is 16.9 Å². The zero-order valence-corrected chi connectivity index (χ0v) is 15.4. The number of ketones is 1. The fourth-order valence-corrected chi connectivity index (χ4v) is 2.91. The predicted octanol–water partition coefficient (Wildman–Crippen LogP) is 3.55. The molecule has 7 nitrogen and oxygen atoms in total. The monoisotopic (exact) mass is 400 g/mol. The van der Waals surface area contributed by atoms with Gasteiger partial charge in [-0.2, -0.15) is 0 Å². The van der Waals surface area contributed by atoms with Gasteiger partial charge in [-0.3, -0.25) is 19.9 Å². The molecule has 0 unspecified atom stereocenters. The van der Waals surface area contributed by atoms with E-state index in [1.165, 1.54) is 24.3 Å². The van der Waals surface area contributed by atoms with Crippen molar-refractivity contribution in [3.05, 3.63) is 87.7 Å². The standard InChI is InChI=1S/C20H16N2O5.ClH/c23-12-19(25)20-17(15-2-1-3-16(11-15)22(26)27)9-14(10-18(20)24)8-13-4-6-21-7-5-13;/h1-7,9-11,23-24H,8,12H2;1H. The molecular weight excluding hydrogens is 384 g/mol. The maximum absolute atomic E-state index is 12.2. The maximum atomic E-state index is 12.2. The van der Waals surface area contributed by atoms with Crippen molar-refractivity contribution in [3.63, 3.8) is 0 Å². The van der Waals surface area contributed by atoms with Crippen molar-refractivity contribution in [2.24, 2.45) is 0 Å². The number of aliphatic hydroxyl groups is 1. The van der Waals surface area contributed by atoms with Gasteiger partial charge in [-0.1, -0.05) is 12.1 Å². The minimum Gasteiger partial charge on any atom is -0.507 e. The molecule has 0 aliphatic heterocycles. The molecule has 0 aliphatic carbocycles. The lowest BCUT2D eigenvalue weighted by molar-refractivity contribution is -0.384. The number of benzene rings is 2. The van der Waals surface area contributed by atoms with Gasteiger partial charge >= 0.3 is 0 Å². The van der Waals surface area contributed by atoms with Crippen LogP contribution in [0.4, 0.5) is 5.69 Å². The van der Waals surface area contributed by atoms with Crippen LogP contribution in [0.15, 0.2) is 60.9 Å². The molecule has 0 aliphatic rings. The molecule has 0 bridgehead atoms. The quantitative estimate of drug-likeness (QED) is 0.371. The summed E-state index contributed by atoms with van der Waals surface area (Å²) in [5.41, 5.74) is 2.23. The Morgan fingerprint density at radius 2 is 1.79 bits per heavy atom. The molecule has 0 radical (unpaired) electrons. The molecule has 0 spiro atoms. The number of non-ortho nitro benzene ring substituents is 1. The lowest BCUT2D eigenvalue weighted by atomic mass is 9.92. The Kier molecular flexibility index (Phi) is 6.81. The topological polar surface area (TPSA) is 114 Å². The summed E-state index contributed by atoms with van der Waals surface area (Å²) in [6, 6.07) is 12.6. The molecule has 2 N–H and O–H groups in total. The highest BCUT2D eigenvalue weighted by Crippen LogP contribution is 2.34. The summed E-state index contributed by atoms with van der Waals surface area (Å²) in [5, 5.41) is 30.7. The van der Waals surface area contributed by atoms with Gasteiger partial charge in [0.25, 0.3) is 5.69 Å². The molecule has 28 heavy (non-hydrogen) atoms. The SMILES string of the molecule is Cl.O=C(CO)c1c(O)cc(Cc2ccncc2)cc1-c1cccc([N+](=O)[O-])c1. The third-order valence-corrected chi connectivity index (χ3v) is 4.13. The fourth-order valence-electron chi connectivity index (χ4n) is 2.91. The number of halogens is 1. The number of nitrogens with zero attached hydrogens (tertiary/aromatic N) is 2. The maximum Gasteiger partial charge on any atom is 0.270 e. The molecule has 0 amide bonds. The van der Waals surface area contributed by atoms with Gasteiger partial charge in [0.05, 0.1) is 10.5 Å². The number of hydrogen-bond acceptors (Lipinski definition) is 6. The van der Waals surface area contributed by atoms with Crippen molar-refractivity contribution in [1.29, 1.82) is 0 Å². The Balaban J connectivity index is 0.00000280. The number of aromatic nitrogens is 1. The fraction of sp³-hybridized carbons (Fsp3) is 0.100. The Labute approximate surface area is 166 Å². The van der Waals surface area contributed by atoms with E-state index in [2.05, 4.69) is 4.98 Å². The Hall–Kier alpha value is -3.29. The molecule has 0 atom stereocenters. The number of aromatic hydroxyl groups is 1. The summed E-state index contributed by atoms with van der Waals surface area (Å²) in [7, 11) is 0. The highest BCUT2D eigenvalue weighted by Gasteiger charge is 2.20. The third kappa shape index (κ3) is 4.51. The van der Waals surface area contributed by atoms with Gasteiger partial charge in [0.1, 0.15) is 12.4 Å². The van der Waals surface area contributed by atoms with E-state index in [1.807, 2.05) is 12.1 Å². The van der Waals surface area contributed by atoms with Crippen molar-refractivity contribution < 1.29 is 19.9 Å². The van der Waals surface area contributed by atoms with Crippen LogP contribution in [0.2, 0.25) is 0 Å². The Morgan fingerprint density at radius 3 is 2.43 bits per heavy atom. The minimum absolute atomic E-state index is 0. The van der Waals surface area contributed by atoms with Crippen LogP contribution in [-0.4, -0.2) is 32.5 Å². The zero-order chi connectivity index (χ0) is 19.4. The second kappa shape index (κ2) is 9.07. The number of aliphatic hydroxyl groups excluding tert-OH is 1. The summed E-state index contributed by atoms with van der Waals surface area (Å²) >= 11 is 0. The summed E-state index contributed by atoms with van der Waals surface area (Å²) in [6.45, 7) is -0.779. The first kappa shape index (κ1) is 21.0. The molecule has 1 heterocycles.